The van der Waals surface area contributed by atoms with Gasteiger partial charge in [0.25, 0.3) is 5.91 Å². The van der Waals surface area contributed by atoms with Gasteiger partial charge in [-0.3, -0.25) is 9.69 Å². The van der Waals surface area contributed by atoms with Crippen molar-refractivity contribution < 1.29 is 9.53 Å². The minimum Gasteiger partial charge on any atom is -0.492 e. The molecule has 0 spiro atoms. The third kappa shape index (κ3) is 4.20. The molecule has 2 fully saturated rings. The summed E-state index contributed by atoms with van der Waals surface area (Å²) in [5.74, 6) is 1.62. The molecule has 1 unspecified atom stereocenters. The second-order valence-electron chi connectivity index (χ2n) is 9.36. The van der Waals surface area contributed by atoms with E-state index < -0.39 is 0 Å². The monoisotopic (exact) mass is 419 g/mol. The summed E-state index contributed by atoms with van der Waals surface area (Å²) in [6.45, 7) is 5.33. The Labute approximate surface area is 185 Å². The molecule has 5 rings (SSSR count). The molecule has 0 radical (unpaired) electrons. The molecule has 5 nitrogen and oxygen atoms in total. The highest BCUT2D eigenvalue weighted by atomic mass is 16.5. The molecule has 1 amide bonds. The van der Waals surface area contributed by atoms with Gasteiger partial charge in [0.15, 0.2) is 0 Å². The van der Waals surface area contributed by atoms with Crippen LogP contribution in [0.5, 0.6) is 5.75 Å². The summed E-state index contributed by atoms with van der Waals surface area (Å²) in [6.07, 6.45) is 8.67. The van der Waals surface area contributed by atoms with Gasteiger partial charge in [-0.2, -0.15) is 0 Å². The van der Waals surface area contributed by atoms with Crippen LogP contribution in [0.25, 0.3) is 0 Å². The van der Waals surface area contributed by atoms with Crippen LogP contribution < -0.4 is 10.1 Å². The van der Waals surface area contributed by atoms with Crippen molar-refractivity contribution in [2.24, 2.45) is 5.92 Å². The number of benzene rings is 1. The molecular formula is C26H33N3O2. The van der Waals surface area contributed by atoms with Gasteiger partial charge in [-0.1, -0.05) is 25.1 Å². The van der Waals surface area contributed by atoms with Crippen LogP contribution in [0, 0.1) is 5.92 Å². The molecule has 3 aliphatic rings. The fourth-order valence-corrected chi connectivity index (χ4v) is 5.31. The molecule has 2 aliphatic carbocycles. The van der Waals surface area contributed by atoms with Crippen LogP contribution >= 0.6 is 0 Å². The highest BCUT2D eigenvalue weighted by Gasteiger charge is 2.30. The minimum atomic E-state index is -0.120. The van der Waals surface area contributed by atoms with Crippen molar-refractivity contribution >= 4 is 5.91 Å². The Kier molecular flexibility index (Phi) is 5.70. The van der Waals surface area contributed by atoms with Crippen molar-refractivity contribution in [2.45, 2.75) is 57.4 Å². The Balaban J connectivity index is 1.40. The number of aromatic nitrogens is 1. The number of ether oxygens (including phenoxy) is 1. The van der Waals surface area contributed by atoms with Crippen molar-refractivity contribution in [3.63, 3.8) is 0 Å². The summed E-state index contributed by atoms with van der Waals surface area (Å²) in [7, 11) is 1.67. The zero-order chi connectivity index (χ0) is 21.4. The van der Waals surface area contributed by atoms with Crippen molar-refractivity contribution in [3.8, 4) is 5.75 Å². The lowest BCUT2D eigenvalue weighted by Gasteiger charge is -2.23. The second-order valence-corrected chi connectivity index (χ2v) is 9.36. The number of amides is 1. The topological polar surface area (TPSA) is 54.5 Å². The van der Waals surface area contributed by atoms with Crippen LogP contribution in [-0.4, -0.2) is 42.5 Å². The number of carbonyl (C=O) groups excluding carboxylic acids is 1. The van der Waals surface area contributed by atoms with Gasteiger partial charge in [-0.05, 0) is 91.8 Å². The van der Waals surface area contributed by atoms with E-state index >= 15 is 0 Å². The third-order valence-corrected chi connectivity index (χ3v) is 7.27. The van der Waals surface area contributed by atoms with E-state index in [4.69, 9.17) is 4.74 Å². The quantitative estimate of drug-likeness (QED) is 0.728. The summed E-state index contributed by atoms with van der Waals surface area (Å²) in [4.78, 5) is 19.6. The second kappa shape index (κ2) is 8.62. The SMILES string of the molecule is CCN1CCCC1c1ccc2c(c1)C[C@H](c1cc(OCC3CC3)cnc1C(=O)NC)C2. The molecule has 5 heteroatoms. The van der Waals surface area contributed by atoms with E-state index in [1.165, 1.54) is 48.9 Å². The summed E-state index contributed by atoms with van der Waals surface area (Å²) in [5, 5.41) is 2.76. The smallest absolute Gasteiger partial charge is 0.269 e. The Bertz CT molecular complexity index is 969. The number of rotatable bonds is 7. The molecular weight excluding hydrogens is 386 g/mol. The molecule has 1 saturated heterocycles. The predicted molar refractivity (Wildman–Crippen MR) is 122 cm³/mol. The molecule has 164 valence electrons. The lowest BCUT2D eigenvalue weighted by molar-refractivity contribution is 0.0956. The van der Waals surface area contributed by atoms with Crippen molar-refractivity contribution in [2.75, 3.05) is 26.7 Å². The Hall–Kier alpha value is -2.40. The number of hydrogen-bond acceptors (Lipinski definition) is 4. The zero-order valence-corrected chi connectivity index (χ0v) is 18.7. The van der Waals surface area contributed by atoms with Crippen LogP contribution in [0.15, 0.2) is 30.5 Å². The average molecular weight is 420 g/mol. The highest BCUT2D eigenvalue weighted by molar-refractivity contribution is 5.93. The molecule has 2 aromatic rings. The van der Waals surface area contributed by atoms with Crippen LogP contribution in [0.2, 0.25) is 0 Å². The van der Waals surface area contributed by atoms with E-state index in [1.54, 1.807) is 13.2 Å². The van der Waals surface area contributed by atoms with Crippen molar-refractivity contribution in [1.82, 2.24) is 15.2 Å². The van der Waals surface area contributed by atoms with Crippen molar-refractivity contribution in [3.05, 3.63) is 58.4 Å². The van der Waals surface area contributed by atoms with Crippen LogP contribution in [0.1, 0.15) is 77.3 Å². The number of pyridine rings is 1. The fraction of sp³-hybridized carbons (Fsp3) is 0.538. The number of nitrogens with one attached hydrogen (secondary N) is 1. The summed E-state index contributed by atoms with van der Waals surface area (Å²) < 4.78 is 5.99. The van der Waals surface area contributed by atoms with E-state index in [9.17, 15) is 4.79 Å². The Morgan fingerprint density at radius 1 is 1.19 bits per heavy atom. The van der Waals surface area contributed by atoms with Gasteiger partial charge in [-0.25, -0.2) is 4.98 Å². The first-order chi connectivity index (χ1) is 15.2. The number of hydrogen-bond donors (Lipinski definition) is 1. The number of fused-ring (bicyclic) bond motifs is 1. The van der Waals surface area contributed by atoms with Crippen LogP contribution in [0.4, 0.5) is 0 Å². The highest BCUT2D eigenvalue weighted by Crippen LogP contribution is 2.40. The largest absolute Gasteiger partial charge is 0.492 e. The molecule has 1 N–H and O–H groups in total. The minimum absolute atomic E-state index is 0.120. The zero-order valence-electron chi connectivity index (χ0n) is 18.7. The van der Waals surface area contributed by atoms with Crippen LogP contribution in [-0.2, 0) is 12.8 Å². The maximum atomic E-state index is 12.5. The summed E-state index contributed by atoms with van der Waals surface area (Å²) in [5.41, 5.74) is 5.83. The average Bonchev–Trinajstić information content (AvgIpc) is 3.33. The summed E-state index contributed by atoms with van der Waals surface area (Å²) in [6, 6.07) is 9.68. The number of nitrogens with zero attached hydrogens (tertiary/aromatic N) is 2. The maximum absolute atomic E-state index is 12.5. The van der Waals surface area contributed by atoms with Gasteiger partial charge >= 0.3 is 0 Å². The normalized spacial score (nSPS) is 23.0. The molecule has 2 heterocycles. The van der Waals surface area contributed by atoms with Crippen LogP contribution in [0.3, 0.4) is 0 Å². The number of likely N-dealkylation sites (tertiary alicyclic amines) is 1. The number of carbonyl (C=O) groups is 1. The van der Waals surface area contributed by atoms with E-state index in [0.717, 1.165) is 37.3 Å². The van der Waals surface area contributed by atoms with Gasteiger partial charge in [-0.15, -0.1) is 0 Å². The summed E-state index contributed by atoms with van der Waals surface area (Å²) >= 11 is 0. The lowest BCUT2D eigenvalue weighted by Crippen LogP contribution is -2.22. The third-order valence-electron chi connectivity index (χ3n) is 7.27. The van der Waals surface area contributed by atoms with Crippen molar-refractivity contribution in [1.29, 1.82) is 0 Å². The molecule has 31 heavy (non-hydrogen) atoms. The molecule has 1 aliphatic heterocycles. The van der Waals surface area contributed by atoms with E-state index in [1.807, 2.05) is 0 Å². The molecule has 1 aromatic heterocycles. The van der Waals surface area contributed by atoms with Gasteiger partial charge in [0.05, 0.1) is 12.8 Å². The van der Waals surface area contributed by atoms with E-state index in [-0.39, 0.29) is 11.8 Å². The van der Waals surface area contributed by atoms with Gasteiger partial charge in [0.2, 0.25) is 0 Å². The standard InChI is InChI=1S/C26H33N3O2/c1-3-29-10-4-5-24(29)19-9-8-18-11-21(13-20(18)12-19)23-14-22(31-16-17-6-7-17)15-28-25(23)26(30)27-2/h8-9,12,14-15,17,21,24H,3-7,10-11,13,16H2,1-2H3,(H,27,30)/t21-,24?/m1/s1. The lowest BCUT2D eigenvalue weighted by atomic mass is 9.94. The first-order valence-electron chi connectivity index (χ1n) is 11.9. The Morgan fingerprint density at radius 2 is 2.03 bits per heavy atom. The van der Waals surface area contributed by atoms with E-state index in [2.05, 4.69) is 46.4 Å². The maximum Gasteiger partial charge on any atom is 0.269 e. The Morgan fingerprint density at radius 3 is 2.81 bits per heavy atom. The first kappa shape index (κ1) is 20.5. The first-order valence-corrected chi connectivity index (χ1v) is 11.9. The molecule has 0 bridgehead atoms. The van der Waals surface area contributed by atoms with Gasteiger partial charge < -0.3 is 10.1 Å². The molecule has 1 aromatic carbocycles. The van der Waals surface area contributed by atoms with Gasteiger partial charge in [0.1, 0.15) is 11.4 Å². The predicted octanol–water partition coefficient (Wildman–Crippen LogP) is 4.27. The van der Waals surface area contributed by atoms with E-state index in [0.29, 0.717) is 17.7 Å². The fourth-order valence-electron chi connectivity index (χ4n) is 5.31. The van der Waals surface area contributed by atoms with Gasteiger partial charge in [0, 0.05) is 13.1 Å². The molecule has 2 atom stereocenters. The molecule has 1 saturated carbocycles.